The minimum atomic E-state index is -0.318. The summed E-state index contributed by atoms with van der Waals surface area (Å²) in [6, 6.07) is 7.76. The van der Waals surface area contributed by atoms with Gasteiger partial charge in [0.25, 0.3) is 0 Å². The van der Waals surface area contributed by atoms with E-state index in [1.54, 1.807) is 23.1 Å². The molecule has 0 bridgehead atoms. The van der Waals surface area contributed by atoms with Crippen LogP contribution in [0, 0.1) is 0 Å². The number of aryl methyl sites for hydroxylation is 2. The minimum absolute atomic E-state index is 0.284. The molecule has 0 atom stereocenters. The highest BCUT2D eigenvalue weighted by Crippen LogP contribution is 2.40. The zero-order valence-corrected chi connectivity index (χ0v) is 17.0. The summed E-state index contributed by atoms with van der Waals surface area (Å²) in [7, 11) is 0. The normalized spacial score (nSPS) is 13.1. The Hall–Kier alpha value is -1.83. The Morgan fingerprint density at radius 1 is 1.26 bits per heavy atom. The SMILES string of the molecule is NC(=O)CCNc1nc(CSc2ccc(Cl)cc2)nc2sc3c(c12)CCC3. The van der Waals surface area contributed by atoms with Crippen molar-refractivity contribution < 1.29 is 4.79 Å². The number of primary amides is 1. The largest absolute Gasteiger partial charge is 0.370 e. The van der Waals surface area contributed by atoms with E-state index in [9.17, 15) is 4.79 Å². The van der Waals surface area contributed by atoms with Crippen LogP contribution in [0.3, 0.4) is 0 Å². The van der Waals surface area contributed by atoms with Crippen molar-refractivity contribution in [2.75, 3.05) is 11.9 Å². The maximum Gasteiger partial charge on any atom is 0.219 e. The molecule has 4 rings (SSSR count). The second-order valence-corrected chi connectivity index (χ2v) is 8.98. The van der Waals surface area contributed by atoms with Gasteiger partial charge in [-0.3, -0.25) is 4.79 Å². The molecule has 0 fully saturated rings. The van der Waals surface area contributed by atoms with Crippen LogP contribution in [0.1, 0.15) is 29.1 Å². The number of nitrogens with one attached hydrogen (secondary N) is 1. The summed E-state index contributed by atoms with van der Waals surface area (Å²) in [5, 5.41) is 5.16. The van der Waals surface area contributed by atoms with E-state index >= 15 is 0 Å². The summed E-state index contributed by atoms with van der Waals surface area (Å²) in [4.78, 5) is 24.2. The van der Waals surface area contributed by atoms with Gasteiger partial charge in [0.15, 0.2) is 0 Å². The number of thiophene rings is 1. The predicted octanol–water partition coefficient (Wildman–Crippen LogP) is 4.41. The van der Waals surface area contributed by atoms with Crippen molar-refractivity contribution in [1.29, 1.82) is 0 Å². The molecule has 0 spiro atoms. The molecule has 3 aromatic rings. The molecular weight excluding hydrogens is 400 g/mol. The lowest BCUT2D eigenvalue weighted by Crippen LogP contribution is -2.16. The summed E-state index contributed by atoms with van der Waals surface area (Å²) in [5.41, 5.74) is 6.64. The smallest absolute Gasteiger partial charge is 0.219 e. The molecule has 3 N–H and O–H groups in total. The molecule has 5 nitrogen and oxygen atoms in total. The van der Waals surface area contributed by atoms with Gasteiger partial charge in [-0.25, -0.2) is 9.97 Å². The van der Waals surface area contributed by atoms with Crippen LogP contribution in [-0.4, -0.2) is 22.4 Å². The first kappa shape index (κ1) is 18.5. The Morgan fingerprint density at radius 3 is 2.85 bits per heavy atom. The number of aromatic nitrogens is 2. The van der Waals surface area contributed by atoms with Crippen molar-refractivity contribution in [2.45, 2.75) is 36.3 Å². The van der Waals surface area contributed by atoms with Gasteiger partial charge in [-0.1, -0.05) is 11.6 Å². The number of carbonyl (C=O) groups is 1. The van der Waals surface area contributed by atoms with Gasteiger partial charge in [0.1, 0.15) is 16.5 Å². The maximum absolute atomic E-state index is 11.1. The summed E-state index contributed by atoms with van der Waals surface area (Å²) in [6.45, 7) is 0.482. The number of anilines is 1. The molecule has 0 aliphatic heterocycles. The molecule has 1 aliphatic rings. The number of fused-ring (bicyclic) bond motifs is 3. The van der Waals surface area contributed by atoms with Gasteiger partial charge in [-0.15, -0.1) is 23.1 Å². The second kappa shape index (κ2) is 8.04. The summed E-state index contributed by atoms with van der Waals surface area (Å²) < 4.78 is 0. The van der Waals surface area contributed by atoms with E-state index in [2.05, 4.69) is 5.32 Å². The molecule has 1 amide bonds. The number of halogens is 1. The first-order chi connectivity index (χ1) is 13.1. The van der Waals surface area contributed by atoms with Crippen molar-refractivity contribution in [1.82, 2.24) is 9.97 Å². The molecular formula is C19H19ClN4OS2. The molecule has 0 saturated heterocycles. The van der Waals surface area contributed by atoms with Crippen molar-refractivity contribution in [2.24, 2.45) is 5.73 Å². The van der Waals surface area contributed by atoms with Gasteiger partial charge in [-0.05, 0) is 49.1 Å². The fourth-order valence-corrected chi connectivity index (χ4v) is 5.37. The van der Waals surface area contributed by atoms with Crippen LogP contribution in [0.5, 0.6) is 0 Å². The third-order valence-electron chi connectivity index (χ3n) is 4.46. The van der Waals surface area contributed by atoms with Crippen molar-refractivity contribution >= 4 is 56.6 Å². The number of amides is 1. The molecule has 0 unspecified atom stereocenters. The lowest BCUT2D eigenvalue weighted by molar-refractivity contribution is -0.117. The lowest BCUT2D eigenvalue weighted by Gasteiger charge is -2.09. The fourth-order valence-electron chi connectivity index (χ4n) is 3.22. The van der Waals surface area contributed by atoms with Crippen molar-refractivity contribution in [3.05, 3.63) is 45.6 Å². The van der Waals surface area contributed by atoms with Crippen LogP contribution in [0.2, 0.25) is 5.02 Å². The fraction of sp³-hybridized carbons (Fsp3) is 0.316. The van der Waals surface area contributed by atoms with E-state index in [0.717, 1.165) is 44.6 Å². The van der Waals surface area contributed by atoms with E-state index in [1.165, 1.54) is 16.9 Å². The van der Waals surface area contributed by atoms with Crippen molar-refractivity contribution in [3.8, 4) is 0 Å². The molecule has 27 heavy (non-hydrogen) atoms. The highest BCUT2D eigenvalue weighted by atomic mass is 35.5. The minimum Gasteiger partial charge on any atom is -0.370 e. The molecule has 1 aliphatic carbocycles. The number of hydrogen-bond acceptors (Lipinski definition) is 6. The van der Waals surface area contributed by atoms with Crippen LogP contribution in [0.4, 0.5) is 5.82 Å². The molecule has 1 aromatic carbocycles. The van der Waals surface area contributed by atoms with Crippen LogP contribution >= 0.6 is 34.7 Å². The Balaban J connectivity index is 1.60. The van der Waals surface area contributed by atoms with Gasteiger partial charge in [0.05, 0.1) is 11.1 Å². The van der Waals surface area contributed by atoms with Crippen LogP contribution < -0.4 is 11.1 Å². The Kier molecular flexibility index (Phi) is 5.52. The van der Waals surface area contributed by atoms with Crippen LogP contribution in [0.25, 0.3) is 10.2 Å². The highest BCUT2D eigenvalue weighted by molar-refractivity contribution is 7.98. The predicted molar refractivity (Wildman–Crippen MR) is 113 cm³/mol. The third-order valence-corrected chi connectivity index (χ3v) is 6.90. The average molecular weight is 419 g/mol. The van der Waals surface area contributed by atoms with E-state index in [1.807, 2.05) is 24.3 Å². The van der Waals surface area contributed by atoms with Crippen molar-refractivity contribution in [3.63, 3.8) is 0 Å². The summed E-state index contributed by atoms with van der Waals surface area (Å²) in [5.74, 6) is 1.96. The topological polar surface area (TPSA) is 80.9 Å². The summed E-state index contributed by atoms with van der Waals surface area (Å²) in [6.07, 6.45) is 3.66. The van der Waals surface area contributed by atoms with E-state index in [0.29, 0.717) is 12.3 Å². The molecule has 2 aromatic heterocycles. The zero-order valence-electron chi connectivity index (χ0n) is 14.6. The maximum atomic E-state index is 11.1. The number of hydrogen-bond donors (Lipinski definition) is 2. The lowest BCUT2D eigenvalue weighted by atomic mass is 10.2. The van der Waals surface area contributed by atoms with Crippen LogP contribution in [0.15, 0.2) is 29.2 Å². The second-order valence-electron chi connectivity index (χ2n) is 6.41. The Morgan fingerprint density at radius 2 is 2.07 bits per heavy atom. The quantitative estimate of drug-likeness (QED) is 0.555. The Bertz CT molecular complexity index is 988. The summed E-state index contributed by atoms with van der Waals surface area (Å²) >= 11 is 9.40. The van der Waals surface area contributed by atoms with Gasteiger partial charge in [0.2, 0.25) is 5.91 Å². The van der Waals surface area contributed by atoms with E-state index in [-0.39, 0.29) is 12.3 Å². The molecule has 8 heteroatoms. The standard InChI is InChI=1S/C19H19ClN4OS2/c20-11-4-6-12(7-5-11)26-10-16-23-18(22-9-8-15(21)25)17-13-2-1-3-14(13)27-19(17)24-16/h4-7H,1-3,8-10H2,(H2,21,25)(H,22,23,24). The molecule has 2 heterocycles. The van der Waals surface area contributed by atoms with Gasteiger partial charge < -0.3 is 11.1 Å². The molecule has 0 radical (unpaired) electrons. The molecule has 0 saturated carbocycles. The number of benzene rings is 1. The van der Waals surface area contributed by atoms with E-state index < -0.39 is 0 Å². The average Bonchev–Trinajstić information content (AvgIpc) is 3.21. The first-order valence-corrected chi connectivity index (χ1v) is 11.0. The number of nitrogens with zero attached hydrogens (tertiary/aromatic N) is 2. The molecule has 140 valence electrons. The third kappa shape index (κ3) is 4.20. The zero-order chi connectivity index (χ0) is 18.8. The Labute approximate surface area is 170 Å². The monoisotopic (exact) mass is 418 g/mol. The number of nitrogens with two attached hydrogens (primary N) is 1. The van der Waals surface area contributed by atoms with Gasteiger partial charge in [-0.2, -0.15) is 0 Å². The van der Waals surface area contributed by atoms with Crippen LogP contribution in [-0.2, 0) is 23.4 Å². The first-order valence-electron chi connectivity index (χ1n) is 8.82. The number of carbonyl (C=O) groups excluding carboxylic acids is 1. The van der Waals surface area contributed by atoms with E-state index in [4.69, 9.17) is 27.3 Å². The highest BCUT2D eigenvalue weighted by Gasteiger charge is 2.22. The van der Waals surface area contributed by atoms with Gasteiger partial charge in [0, 0.05) is 27.8 Å². The van der Waals surface area contributed by atoms with Gasteiger partial charge >= 0.3 is 0 Å². The number of rotatable bonds is 7. The number of thioether (sulfide) groups is 1.